The van der Waals surface area contributed by atoms with E-state index in [0.29, 0.717) is 5.92 Å². The molecular formula is C21H29HfSi. The Hall–Kier alpha value is -0.343. The summed E-state index contributed by atoms with van der Waals surface area (Å²) in [5, 5.41) is 1.80. The smallest absolute Gasteiger partial charge is 1.00 e. The van der Waals surface area contributed by atoms with Crippen molar-refractivity contribution in [1.82, 2.24) is 0 Å². The van der Waals surface area contributed by atoms with Gasteiger partial charge in [-0.2, -0.15) is 0 Å². The van der Waals surface area contributed by atoms with Crippen LogP contribution < -0.4 is 0 Å². The van der Waals surface area contributed by atoms with E-state index in [1.54, 1.807) is 21.9 Å². The Morgan fingerprint density at radius 3 is 2.48 bits per heavy atom. The van der Waals surface area contributed by atoms with Crippen molar-refractivity contribution in [2.24, 2.45) is 11.3 Å². The number of hydrogen-bond donors (Lipinski definition) is 0. The summed E-state index contributed by atoms with van der Waals surface area (Å²) in [5.41, 5.74) is 6.75. The molecule has 0 saturated carbocycles. The fourth-order valence-corrected chi connectivity index (χ4v) is 9.40. The molecule has 2 unspecified atom stereocenters. The van der Waals surface area contributed by atoms with Crippen LogP contribution in [0.2, 0.25) is 16.3 Å². The molecule has 0 aromatic rings. The predicted octanol–water partition coefficient (Wildman–Crippen LogP) is 5.80. The third kappa shape index (κ3) is 2.35. The van der Waals surface area contributed by atoms with Crippen LogP contribution in [0, 0.1) is 11.3 Å². The third-order valence-electron chi connectivity index (χ3n) is 6.02. The Bertz CT molecular complexity index is 746. The molecule has 2 atom stereocenters. The molecule has 0 aromatic carbocycles. The largest absolute Gasteiger partial charge is 1.00 e. The van der Waals surface area contributed by atoms with Crippen LogP contribution in [0.3, 0.4) is 0 Å². The summed E-state index contributed by atoms with van der Waals surface area (Å²) < 4.78 is 0.256. The fourth-order valence-electron chi connectivity index (χ4n) is 4.72. The number of hydrogen-bond acceptors (Lipinski definition) is 0. The zero-order valence-electron chi connectivity index (χ0n) is 17.2. The van der Waals surface area contributed by atoms with E-state index in [4.69, 9.17) is 0 Å². The van der Waals surface area contributed by atoms with Gasteiger partial charge in [-0.3, -0.25) is 0 Å². The zero-order chi connectivity index (χ0) is 17.0. The molecule has 121 valence electrons. The summed E-state index contributed by atoms with van der Waals surface area (Å²) in [6.45, 7) is 14.8. The van der Waals surface area contributed by atoms with Crippen molar-refractivity contribution in [3.05, 3.63) is 58.7 Å². The second-order valence-corrected chi connectivity index (χ2v) is 13.1. The van der Waals surface area contributed by atoms with Crippen molar-refractivity contribution in [3.8, 4) is 0 Å². The predicted molar refractivity (Wildman–Crippen MR) is 102 cm³/mol. The van der Waals surface area contributed by atoms with Crippen LogP contribution in [-0.2, 0) is 24.4 Å². The molecule has 0 radical (unpaired) electrons. The quantitative estimate of drug-likeness (QED) is 0.410. The van der Waals surface area contributed by atoms with Crippen molar-refractivity contribution in [3.63, 3.8) is 0 Å². The first kappa shape index (κ1) is 17.5. The monoisotopic (exact) mass is 489 g/mol. The van der Waals surface area contributed by atoms with E-state index in [-0.39, 0.29) is 11.4 Å². The van der Waals surface area contributed by atoms with Gasteiger partial charge in [-0.25, -0.2) is 0 Å². The summed E-state index contributed by atoms with van der Waals surface area (Å²) in [4.78, 5) is 0. The van der Waals surface area contributed by atoms with Crippen LogP contribution in [-0.4, -0.2) is 13.6 Å². The topological polar surface area (TPSA) is 0 Å². The molecule has 0 nitrogen and oxygen atoms in total. The van der Waals surface area contributed by atoms with Crippen LogP contribution in [0.1, 0.15) is 37.0 Å². The van der Waals surface area contributed by atoms with Crippen LogP contribution >= 0.6 is 0 Å². The molecule has 0 heterocycles. The third-order valence-corrected chi connectivity index (χ3v) is 12.3. The zero-order valence-corrected chi connectivity index (χ0v) is 19.8. The standard InChI is InChI=1S/C21H27Si.Hf.2H/c1-14-10-9-13-17-18(15(14)2)20(22(5)6)21(3,4)19(17)16-11-7-8-12-16;;;/h7-11,13,15H,12H2,1-6H3;;;/q;+2;2*-1. The Morgan fingerprint density at radius 1 is 1.22 bits per heavy atom. The Morgan fingerprint density at radius 2 is 1.91 bits per heavy atom. The van der Waals surface area contributed by atoms with E-state index in [1.807, 2.05) is 0 Å². The molecule has 0 amide bonds. The van der Waals surface area contributed by atoms with Crippen molar-refractivity contribution in [2.45, 2.75) is 50.4 Å². The first-order chi connectivity index (χ1) is 10.7. The van der Waals surface area contributed by atoms with Gasteiger partial charge < -0.3 is 2.85 Å². The van der Waals surface area contributed by atoms with E-state index in [0.717, 1.165) is 6.42 Å². The normalized spacial score (nSPS) is 32.0. The van der Waals surface area contributed by atoms with Crippen molar-refractivity contribution in [2.75, 3.05) is 0 Å². The Kier molecular flexibility index (Phi) is 4.47. The van der Waals surface area contributed by atoms with E-state index in [9.17, 15) is 0 Å². The summed E-state index contributed by atoms with van der Waals surface area (Å²) in [7, 11) is -0.486. The van der Waals surface area contributed by atoms with E-state index in [1.165, 1.54) is 29.9 Å². The van der Waals surface area contributed by atoms with Gasteiger partial charge in [0.25, 0.3) is 0 Å². The molecule has 0 N–H and O–H groups in total. The molecule has 0 aromatic heterocycles. The molecule has 0 saturated heterocycles. The van der Waals surface area contributed by atoms with Crippen molar-refractivity contribution >= 4 is 13.6 Å². The maximum atomic E-state index is 2.53. The van der Waals surface area contributed by atoms with Gasteiger partial charge in [0.05, 0.1) is 0 Å². The molecule has 3 aliphatic carbocycles. The Labute approximate surface area is 160 Å². The van der Waals surface area contributed by atoms with Gasteiger partial charge in [-0.1, -0.05) is 0 Å². The maximum absolute atomic E-state index is 2.53. The van der Waals surface area contributed by atoms with Crippen LogP contribution in [0.25, 0.3) is 0 Å². The van der Waals surface area contributed by atoms with Gasteiger partial charge in [-0.15, -0.1) is 0 Å². The van der Waals surface area contributed by atoms with E-state index < -0.39 is 8.41 Å². The molecule has 3 rings (SSSR count). The molecule has 0 bridgehead atoms. The SMILES string of the molecule is CC1=CC=CC2=C(C(=[Si](C)C)C(C)(C)[C]2([Hf+2])C2=CC=CC2)C1C.[H-].[H-]. The van der Waals surface area contributed by atoms with Crippen LogP contribution in [0.5, 0.6) is 0 Å². The Balaban J connectivity index is 0.00000156. The van der Waals surface area contributed by atoms with Crippen molar-refractivity contribution < 1.29 is 27.2 Å². The summed E-state index contributed by atoms with van der Waals surface area (Å²) >= 11 is 1.17. The minimum absolute atomic E-state index is 0. The number of rotatable bonds is 1. The molecule has 0 spiro atoms. The summed E-state index contributed by atoms with van der Waals surface area (Å²) in [5.74, 6) is 0.556. The van der Waals surface area contributed by atoms with Gasteiger partial charge in [0.2, 0.25) is 0 Å². The van der Waals surface area contributed by atoms with Gasteiger partial charge in [0.1, 0.15) is 0 Å². The van der Waals surface area contributed by atoms with Gasteiger partial charge in [0, 0.05) is 0 Å². The van der Waals surface area contributed by atoms with Gasteiger partial charge in [-0.05, 0) is 0 Å². The minimum Gasteiger partial charge on any atom is -1.00 e. The summed E-state index contributed by atoms with van der Waals surface area (Å²) in [6, 6.07) is 0. The maximum Gasteiger partial charge on any atom is -1.00 e. The van der Waals surface area contributed by atoms with E-state index in [2.05, 4.69) is 77.2 Å². The molecule has 0 aliphatic heterocycles. The van der Waals surface area contributed by atoms with Crippen molar-refractivity contribution in [1.29, 1.82) is 0 Å². The van der Waals surface area contributed by atoms with Crippen LogP contribution in [0.4, 0.5) is 0 Å². The average molecular weight is 488 g/mol. The molecule has 23 heavy (non-hydrogen) atoms. The van der Waals surface area contributed by atoms with E-state index >= 15 is 0 Å². The molecular weight excluding hydrogens is 459 g/mol. The molecule has 2 heteroatoms. The number of allylic oxidation sites excluding steroid dienone is 10. The van der Waals surface area contributed by atoms with Gasteiger partial charge >= 0.3 is 158 Å². The van der Waals surface area contributed by atoms with Gasteiger partial charge in [0.15, 0.2) is 0 Å². The minimum atomic E-state index is -0.486. The second kappa shape index (κ2) is 5.88. The average Bonchev–Trinajstić information content (AvgIpc) is 3.02. The summed E-state index contributed by atoms with van der Waals surface area (Å²) in [6.07, 6.45) is 15.2. The fraction of sp³-hybridized carbons (Fsp3) is 0.476. The molecule has 3 aliphatic rings. The molecule has 0 fully saturated rings. The first-order valence-electron chi connectivity index (χ1n) is 8.62. The van der Waals surface area contributed by atoms with Crippen LogP contribution in [0.15, 0.2) is 58.7 Å². The second-order valence-electron chi connectivity index (χ2n) is 7.89. The first-order valence-corrected chi connectivity index (χ1v) is 12.9.